The van der Waals surface area contributed by atoms with Gasteiger partial charge in [-0.1, -0.05) is 36.4 Å². The van der Waals surface area contributed by atoms with Gasteiger partial charge in [-0.25, -0.2) is 4.79 Å². The summed E-state index contributed by atoms with van der Waals surface area (Å²) in [5.74, 6) is -15.0. The molecule has 0 aromatic heterocycles. The maximum atomic E-state index is 15.4. The Morgan fingerprint density at radius 1 is 0.548 bits per heavy atom. The second kappa shape index (κ2) is 28.7. The van der Waals surface area contributed by atoms with Crippen LogP contribution in [0.3, 0.4) is 0 Å². The van der Waals surface area contributed by atoms with E-state index in [2.05, 4.69) is 5.32 Å². The van der Waals surface area contributed by atoms with Gasteiger partial charge in [0, 0.05) is 96.2 Å². The molecule has 0 radical (unpaired) electrons. The Hall–Kier alpha value is -9.97. The van der Waals surface area contributed by atoms with Gasteiger partial charge in [0.1, 0.15) is 36.4 Å². The lowest BCUT2D eigenvalue weighted by molar-refractivity contribution is -0.355. The molecular formula is C64H65NO28. The summed E-state index contributed by atoms with van der Waals surface area (Å²) in [7, 11) is 1.23. The number of fused-ring (bicyclic) bond motifs is 5. The molecule has 4 aromatic rings. The molecule has 2 aliphatic heterocycles. The highest BCUT2D eigenvalue weighted by atomic mass is 16.8. The van der Waals surface area contributed by atoms with E-state index in [1.807, 2.05) is 0 Å². The van der Waals surface area contributed by atoms with Gasteiger partial charge in [0.25, 0.3) is 5.91 Å². The van der Waals surface area contributed by atoms with Gasteiger partial charge in [0.2, 0.25) is 0 Å². The van der Waals surface area contributed by atoms with Crippen molar-refractivity contribution in [1.29, 1.82) is 0 Å². The molecule has 494 valence electrons. The molecule has 29 heteroatoms. The predicted molar refractivity (Wildman–Crippen MR) is 309 cm³/mol. The zero-order valence-electron chi connectivity index (χ0n) is 52.5. The molecule has 0 spiro atoms. The van der Waals surface area contributed by atoms with Crippen molar-refractivity contribution >= 4 is 77.2 Å². The van der Waals surface area contributed by atoms with Crippen LogP contribution in [0.4, 0.5) is 0 Å². The van der Waals surface area contributed by atoms with Crippen molar-refractivity contribution in [1.82, 2.24) is 5.32 Å². The standard InChI is InChI=1S/C64H65NO28/c1-25-19-41-47(56(88-33(9)71)45(25)61(77)65-26(2)62(78)80-23-37-17-15-14-16-18-37)48-42(22-40-49(57(48)89-34(10)72)51(76)39-20-38(79-13)21-43(83-28(4)66)46(39)50(40)75)53(86-31(7)69)54(41)92-64-60(91-36(12)74)58(52(27(3)82-64)85-30(6)68)93-63-59(90-35(11)73)55(87-32(8)70)44(24-81-63)84-29(5)67/h14-22,26-27,44,52-55,58-60,63-64H,23-24H2,1-13H3,(H,65,77)/t26-,27+,44+,52-,53-,54-,55-,58-,59+,60+,63-,64-/m0/s1. The molecule has 1 amide bonds. The fourth-order valence-electron chi connectivity index (χ4n) is 11.2. The molecular weight excluding hydrogens is 1230 g/mol. The number of methoxy groups -OCH3 is 1. The Bertz CT molecular complexity index is 3740. The Kier molecular flexibility index (Phi) is 21.3. The average Bonchev–Trinajstić information content (AvgIpc) is 0.700. The molecule has 2 saturated heterocycles. The molecule has 29 nitrogen and oxygen atoms in total. The molecule has 2 aliphatic carbocycles. The third-order valence-corrected chi connectivity index (χ3v) is 14.6. The van der Waals surface area contributed by atoms with E-state index in [0.717, 1.165) is 80.5 Å². The number of ether oxygens (including phenoxy) is 15. The predicted octanol–water partition coefficient (Wildman–Crippen LogP) is 4.90. The number of nitrogens with one attached hydrogen (secondary N) is 1. The quantitative estimate of drug-likeness (QED) is 0.0652. The van der Waals surface area contributed by atoms with E-state index in [0.29, 0.717) is 5.56 Å². The summed E-state index contributed by atoms with van der Waals surface area (Å²) in [5, 5.41) is 2.56. The minimum absolute atomic E-state index is 0.0731. The van der Waals surface area contributed by atoms with E-state index >= 15 is 14.4 Å². The third-order valence-electron chi connectivity index (χ3n) is 14.6. The van der Waals surface area contributed by atoms with E-state index in [-0.39, 0.29) is 29.0 Å². The van der Waals surface area contributed by atoms with Gasteiger partial charge in [-0.3, -0.25) is 57.5 Å². The van der Waals surface area contributed by atoms with Gasteiger partial charge in [0.05, 0.1) is 36.5 Å². The second-order valence-electron chi connectivity index (χ2n) is 21.8. The SMILES string of the molecule is COc1cc(OC(C)=O)c2c(c1)C(=O)c1c(cc3c(c1OC(C)=O)-c1c(cc(C)c(C(=O)N[C@@H](C)C(=O)OCc4ccccc4)c1OC(C)=O)[C@H](O[C@@H]1O[C@H](C)[C@H](OC(C)=O)[C@H](O[C@@H]4OC[C@@H](OC(C)=O)[C@H](OC(C)=O)[C@H]4OC(C)=O)[C@H]1OC(C)=O)[C@H]3OC(C)=O)C2=O. The van der Waals surface area contributed by atoms with Crippen LogP contribution >= 0.6 is 0 Å². The van der Waals surface area contributed by atoms with Crippen molar-refractivity contribution in [2.24, 2.45) is 0 Å². The zero-order valence-corrected chi connectivity index (χ0v) is 52.5. The van der Waals surface area contributed by atoms with Crippen molar-refractivity contribution in [3.05, 3.63) is 105 Å². The van der Waals surface area contributed by atoms with Crippen LogP contribution < -0.4 is 24.3 Å². The van der Waals surface area contributed by atoms with Crippen LogP contribution in [-0.2, 0) is 107 Å². The number of benzene rings is 4. The first-order valence-electron chi connectivity index (χ1n) is 28.8. The monoisotopic (exact) mass is 1300 g/mol. The zero-order chi connectivity index (χ0) is 68.2. The molecule has 93 heavy (non-hydrogen) atoms. The highest BCUT2D eigenvalue weighted by molar-refractivity contribution is 6.31. The molecule has 0 unspecified atom stereocenters. The van der Waals surface area contributed by atoms with Crippen LogP contribution in [0.25, 0.3) is 11.1 Å². The second-order valence-corrected chi connectivity index (χ2v) is 21.8. The summed E-state index contributed by atoms with van der Waals surface area (Å²) in [6.45, 7) is 12.2. The van der Waals surface area contributed by atoms with Gasteiger partial charge in [0.15, 0.2) is 72.3 Å². The fourth-order valence-corrected chi connectivity index (χ4v) is 11.2. The number of rotatable bonds is 19. The lowest BCUT2D eigenvalue weighted by atomic mass is 9.73. The number of hydrogen-bond donors (Lipinski definition) is 1. The smallest absolute Gasteiger partial charge is 0.328 e. The van der Waals surface area contributed by atoms with Crippen molar-refractivity contribution in [2.45, 2.75) is 163 Å². The molecule has 2 fully saturated rings. The first kappa shape index (κ1) is 68.9. The summed E-state index contributed by atoms with van der Waals surface area (Å²) < 4.78 is 88.7. The van der Waals surface area contributed by atoms with Gasteiger partial charge in [-0.2, -0.15) is 0 Å². The Balaban J connectivity index is 1.39. The molecule has 12 atom stereocenters. The van der Waals surface area contributed by atoms with Crippen LogP contribution in [0.15, 0.2) is 54.6 Å². The van der Waals surface area contributed by atoms with E-state index < -0.39 is 214 Å². The van der Waals surface area contributed by atoms with E-state index in [1.54, 1.807) is 30.3 Å². The van der Waals surface area contributed by atoms with Gasteiger partial charge < -0.3 is 76.4 Å². The summed E-state index contributed by atoms with van der Waals surface area (Å²) in [5.41, 5.74) is -3.55. The highest BCUT2D eigenvalue weighted by Crippen LogP contribution is 2.59. The summed E-state index contributed by atoms with van der Waals surface area (Å²) in [6.07, 6.45) is -19.6. The van der Waals surface area contributed by atoms with Crippen LogP contribution in [0.2, 0.25) is 0 Å². The van der Waals surface area contributed by atoms with Crippen LogP contribution in [-0.4, -0.2) is 152 Å². The molecule has 1 N–H and O–H groups in total. The van der Waals surface area contributed by atoms with Gasteiger partial charge in [-0.05, 0) is 49.6 Å². The van der Waals surface area contributed by atoms with Crippen molar-refractivity contribution in [3.8, 4) is 34.1 Å². The molecule has 8 rings (SSSR count). The van der Waals surface area contributed by atoms with E-state index in [9.17, 15) is 47.9 Å². The summed E-state index contributed by atoms with van der Waals surface area (Å²) >= 11 is 0. The first-order valence-corrected chi connectivity index (χ1v) is 28.8. The Labute approximate surface area is 530 Å². The van der Waals surface area contributed by atoms with Gasteiger partial charge in [-0.15, -0.1) is 0 Å². The average molecular weight is 1300 g/mol. The minimum atomic E-state index is -2.06. The number of hydrogen-bond acceptors (Lipinski definition) is 28. The molecule has 4 aromatic carbocycles. The number of ketones is 2. The number of esters is 10. The Morgan fingerprint density at radius 3 is 1.66 bits per heavy atom. The molecule has 0 saturated carbocycles. The van der Waals surface area contributed by atoms with Crippen LogP contribution in [0.5, 0.6) is 23.0 Å². The number of carbonyl (C=O) groups excluding carboxylic acids is 13. The third kappa shape index (κ3) is 15.2. The fraction of sp³-hybridized carbons (Fsp3) is 0.422. The summed E-state index contributed by atoms with van der Waals surface area (Å²) in [6, 6.07) is 11.8. The normalized spacial score (nSPS) is 22.8. The van der Waals surface area contributed by atoms with Crippen molar-refractivity contribution < 1.29 is 133 Å². The Morgan fingerprint density at radius 2 is 1.08 bits per heavy atom. The van der Waals surface area contributed by atoms with E-state index in [1.165, 1.54) is 33.9 Å². The van der Waals surface area contributed by atoms with Crippen LogP contribution in [0, 0.1) is 6.92 Å². The lowest BCUT2D eigenvalue weighted by Gasteiger charge is -2.48. The molecule has 0 bridgehead atoms. The van der Waals surface area contributed by atoms with E-state index in [4.69, 9.17) is 71.1 Å². The molecule has 2 heterocycles. The van der Waals surface area contributed by atoms with Crippen molar-refractivity contribution in [3.63, 3.8) is 0 Å². The summed E-state index contributed by atoms with van der Waals surface area (Å²) in [4.78, 5) is 177. The highest BCUT2D eigenvalue weighted by Gasteiger charge is 2.57. The number of amides is 1. The van der Waals surface area contributed by atoms with Crippen molar-refractivity contribution in [2.75, 3.05) is 13.7 Å². The lowest BCUT2D eigenvalue weighted by Crippen LogP contribution is -2.65. The van der Waals surface area contributed by atoms with Gasteiger partial charge >= 0.3 is 59.7 Å². The first-order chi connectivity index (χ1) is 43.9. The number of carbonyl (C=O) groups is 13. The largest absolute Gasteiger partial charge is 0.497 e. The number of aryl methyl sites for hydroxylation is 1. The molecule has 4 aliphatic rings. The maximum Gasteiger partial charge on any atom is 0.328 e. The topological polar surface area (TPSA) is 372 Å². The minimum Gasteiger partial charge on any atom is -0.497 e. The van der Waals surface area contributed by atoms with Crippen LogP contribution in [0.1, 0.15) is 153 Å². The maximum absolute atomic E-state index is 15.4.